The van der Waals surface area contributed by atoms with Crippen LogP contribution in [0.15, 0.2) is 75.0 Å². The summed E-state index contributed by atoms with van der Waals surface area (Å²) in [4.78, 5) is 14.1. The Morgan fingerprint density at radius 2 is 1.68 bits per heavy atom. The van der Waals surface area contributed by atoms with E-state index in [9.17, 15) is 4.79 Å². The molecule has 1 heterocycles. The lowest BCUT2D eigenvalue weighted by Gasteiger charge is -2.04. The molecule has 5 heteroatoms. The van der Waals surface area contributed by atoms with Gasteiger partial charge < -0.3 is 9.84 Å². The number of benzene rings is 2. The molecular weight excluding hydrogens is 296 g/mol. The van der Waals surface area contributed by atoms with Crippen LogP contribution in [0.5, 0.6) is 0 Å². The minimum Gasteiger partial charge on any atom is -0.349 e. The third-order valence-electron chi connectivity index (χ3n) is 3.01. The summed E-state index contributed by atoms with van der Waals surface area (Å²) in [7, 11) is 0. The highest BCUT2D eigenvalue weighted by atomic mass is 32.2. The van der Waals surface area contributed by atoms with E-state index in [1.807, 2.05) is 67.6 Å². The molecule has 0 aliphatic heterocycles. The molecule has 0 aliphatic rings. The minimum atomic E-state index is -0.301. The van der Waals surface area contributed by atoms with Gasteiger partial charge in [0.2, 0.25) is 5.76 Å². The fraction of sp³-hybridized carbons (Fsp3) is 0.0588. The van der Waals surface area contributed by atoms with Gasteiger partial charge in [-0.15, -0.1) is 0 Å². The summed E-state index contributed by atoms with van der Waals surface area (Å²) in [5, 5.41) is 6.73. The van der Waals surface area contributed by atoms with E-state index >= 15 is 0 Å². The van der Waals surface area contributed by atoms with Crippen molar-refractivity contribution in [2.45, 2.75) is 16.7 Å². The Morgan fingerprint density at radius 1 is 1.05 bits per heavy atom. The largest absolute Gasteiger partial charge is 0.349 e. The van der Waals surface area contributed by atoms with E-state index in [0.717, 1.165) is 15.5 Å². The van der Waals surface area contributed by atoms with E-state index in [1.165, 1.54) is 11.8 Å². The van der Waals surface area contributed by atoms with Crippen LogP contribution in [0.2, 0.25) is 0 Å². The first-order valence-corrected chi connectivity index (χ1v) is 7.61. The first kappa shape index (κ1) is 14.4. The second kappa shape index (κ2) is 6.49. The second-order valence-electron chi connectivity index (χ2n) is 4.66. The maximum atomic E-state index is 12.4. The molecule has 0 unspecified atom stereocenters. The van der Waals surface area contributed by atoms with E-state index in [2.05, 4.69) is 10.5 Å². The van der Waals surface area contributed by atoms with Crippen molar-refractivity contribution in [3.63, 3.8) is 0 Å². The van der Waals surface area contributed by atoms with Gasteiger partial charge in [0.05, 0.1) is 10.6 Å². The molecule has 0 bridgehead atoms. The maximum absolute atomic E-state index is 12.4. The van der Waals surface area contributed by atoms with E-state index in [4.69, 9.17) is 4.52 Å². The van der Waals surface area contributed by atoms with Crippen molar-refractivity contribution in [2.75, 3.05) is 5.32 Å². The molecular formula is C17H14N2O2S. The zero-order valence-corrected chi connectivity index (χ0v) is 12.8. The third kappa shape index (κ3) is 3.20. The van der Waals surface area contributed by atoms with Crippen LogP contribution in [0.25, 0.3) is 0 Å². The predicted octanol–water partition coefficient (Wildman–Crippen LogP) is 4.39. The van der Waals surface area contributed by atoms with Crippen molar-refractivity contribution in [3.8, 4) is 0 Å². The summed E-state index contributed by atoms with van der Waals surface area (Å²) >= 11 is 1.47. The Hall–Kier alpha value is -2.53. The van der Waals surface area contributed by atoms with Gasteiger partial charge >= 0.3 is 0 Å². The van der Waals surface area contributed by atoms with Crippen LogP contribution in [0.3, 0.4) is 0 Å². The number of hydrogen-bond acceptors (Lipinski definition) is 4. The number of carbonyl (C=O) groups excluding carboxylic acids is 1. The Bertz CT molecular complexity index is 770. The van der Waals surface area contributed by atoms with Crippen molar-refractivity contribution in [2.24, 2.45) is 0 Å². The van der Waals surface area contributed by atoms with Crippen LogP contribution in [-0.2, 0) is 0 Å². The van der Waals surface area contributed by atoms with Gasteiger partial charge in [0, 0.05) is 10.6 Å². The number of nitrogens with one attached hydrogen (secondary N) is 1. The predicted molar refractivity (Wildman–Crippen MR) is 86.2 cm³/mol. The number of aromatic nitrogens is 1. The molecule has 1 amide bonds. The van der Waals surface area contributed by atoms with E-state index in [0.29, 0.717) is 5.69 Å². The summed E-state index contributed by atoms with van der Waals surface area (Å²) in [5.74, 6) is -0.0690. The highest BCUT2D eigenvalue weighted by Gasteiger charge is 2.21. The fourth-order valence-corrected chi connectivity index (χ4v) is 2.88. The van der Waals surface area contributed by atoms with Gasteiger partial charge in [-0.2, -0.15) is 0 Å². The zero-order chi connectivity index (χ0) is 15.4. The van der Waals surface area contributed by atoms with Crippen molar-refractivity contribution in [3.05, 3.63) is 72.1 Å². The molecule has 0 spiro atoms. The first-order chi connectivity index (χ1) is 10.7. The molecule has 3 aromatic rings. The van der Waals surface area contributed by atoms with Crippen molar-refractivity contribution in [1.82, 2.24) is 5.16 Å². The second-order valence-corrected chi connectivity index (χ2v) is 5.75. The summed E-state index contributed by atoms with van der Waals surface area (Å²) in [6.07, 6.45) is 0. The zero-order valence-electron chi connectivity index (χ0n) is 11.9. The number of nitrogens with zero attached hydrogens (tertiary/aromatic N) is 1. The summed E-state index contributed by atoms with van der Waals surface area (Å²) in [6.45, 7) is 1.83. The van der Waals surface area contributed by atoms with Crippen LogP contribution in [0.1, 0.15) is 16.2 Å². The smallest absolute Gasteiger partial charge is 0.295 e. The lowest BCUT2D eigenvalue weighted by atomic mass is 10.3. The van der Waals surface area contributed by atoms with Gasteiger partial charge in [0.15, 0.2) is 0 Å². The normalized spacial score (nSPS) is 10.4. The third-order valence-corrected chi connectivity index (χ3v) is 4.20. The molecule has 0 radical (unpaired) electrons. The Morgan fingerprint density at radius 3 is 2.36 bits per heavy atom. The molecule has 22 heavy (non-hydrogen) atoms. The van der Waals surface area contributed by atoms with Crippen molar-refractivity contribution < 1.29 is 9.32 Å². The SMILES string of the molecule is Cc1noc(C(=O)Nc2ccccc2)c1Sc1ccccc1. The van der Waals surface area contributed by atoms with Gasteiger partial charge in [0.25, 0.3) is 5.91 Å². The highest BCUT2D eigenvalue weighted by Crippen LogP contribution is 2.33. The van der Waals surface area contributed by atoms with Crippen molar-refractivity contribution >= 4 is 23.4 Å². The number of carbonyl (C=O) groups is 1. The van der Waals surface area contributed by atoms with Gasteiger partial charge in [-0.25, -0.2) is 0 Å². The van der Waals surface area contributed by atoms with Crippen molar-refractivity contribution in [1.29, 1.82) is 0 Å². The molecule has 3 rings (SSSR count). The van der Waals surface area contributed by atoms with Crippen LogP contribution in [-0.4, -0.2) is 11.1 Å². The number of anilines is 1. The molecule has 0 atom stereocenters. The molecule has 110 valence electrons. The van der Waals surface area contributed by atoms with E-state index in [1.54, 1.807) is 0 Å². The summed E-state index contributed by atoms with van der Waals surface area (Å²) < 4.78 is 5.22. The van der Waals surface area contributed by atoms with Gasteiger partial charge in [-0.3, -0.25) is 4.79 Å². The molecule has 1 N–H and O–H groups in total. The maximum Gasteiger partial charge on any atom is 0.295 e. The minimum absolute atomic E-state index is 0.232. The number of para-hydroxylation sites is 1. The Labute approximate surface area is 132 Å². The van der Waals surface area contributed by atoms with Crippen LogP contribution >= 0.6 is 11.8 Å². The standard InChI is InChI=1S/C17H14N2O2S/c1-12-16(22-14-10-6-3-7-11-14)15(21-19-12)17(20)18-13-8-4-2-5-9-13/h2-11H,1H3,(H,18,20). The molecule has 2 aromatic carbocycles. The fourth-order valence-electron chi connectivity index (χ4n) is 1.94. The number of amides is 1. The molecule has 4 nitrogen and oxygen atoms in total. The highest BCUT2D eigenvalue weighted by molar-refractivity contribution is 7.99. The summed E-state index contributed by atoms with van der Waals surface area (Å²) in [6, 6.07) is 19.1. The monoisotopic (exact) mass is 310 g/mol. The van der Waals surface area contributed by atoms with Crippen LogP contribution < -0.4 is 5.32 Å². The molecule has 0 aliphatic carbocycles. The lowest BCUT2D eigenvalue weighted by molar-refractivity contribution is 0.0984. The lowest BCUT2D eigenvalue weighted by Crippen LogP contribution is -2.11. The molecule has 0 saturated carbocycles. The average molecular weight is 310 g/mol. The number of rotatable bonds is 4. The van der Waals surface area contributed by atoms with Gasteiger partial charge in [0.1, 0.15) is 0 Å². The van der Waals surface area contributed by atoms with Crippen LogP contribution in [0.4, 0.5) is 5.69 Å². The first-order valence-electron chi connectivity index (χ1n) is 6.79. The van der Waals surface area contributed by atoms with Crippen LogP contribution in [0, 0.1) is 6.92 Å². The number of hydrogen-bond donors (Lipinski definition) is 1. The number of aryl methyl sites for hydroxylation is 1. The quantitative estimate of drug-likeness (QED) is 0.776. The topological polar surface area (TPSA) is 55.1 Å². The molecule has 0 fully saturated rings. The Balaban J connectivity index is 1.84. The van der Waals surface area contributed by atoms with E-state index < -0.39 is 0 Å². The molecule has 0 saturated heterocycles. The van der Waals surface area contributed by atoms with E-state index in [-0.39, 0.29) is 11.7 Å². The summed E-state index contributed by atoms with van der Waals surface area (Å²) in [5.41, 5.74) is 1.42. The van der Waals surface area contributed by atoms with Gasteiger partial charge in [-0.05, 0) is 31.2 Å². The average Bonchev–Trinajstić information content (AvgIpc) is 2.90. The van der Waals surface area contributed by atoms with Gasteiger partial charge in [-0.1, -0.05) is 53.3 Å². The molecule has 1 aromatic heterocycles. The Kier molecular flexibility index (Phi) is 4.25.